The van der Waals surface area contributed by atoms with Gasteiger partial charge in [-0.25, -0.2) is 0 Å². The lowest BCUT2D eigenvalue weighted by Gasteiger charge is -2.24. The minimum absolute atomic E-state index is 0.0276. The number of amides is 1. The molecule has 0 heterocycles. The van der Waals surface area contributed by atoms with Crippen molar-refractivity contribution in [2.45, 2.75) is 44.2 Å². The summed E-state index contributed by atoms with van der Waals surface area (Å²) in [5, 5.41) is 2.92. The third-order valence-electron chi connectivity index (χ3n) is 3.81. The minimum Gasteiger partial charge on any atom is -0.483 e. The normalized spacial score (nSPS) is 21.6. The number of benzene rings is 1. The average Bonchev–Trinajstić information content (AvgIpc) is 3.21. The van der Waals surface area contributed by atoms with Crippen LogP contribution in [-0.4, -0.2) is 18.6 Å². The van der Waals surface area contributed by atoms with E-state index in [1.165, 1.54) is 11.1 Å². The van der Waals surface area contributed by atoms with Gasteiger partial charge in [0.1, 0.15) is 5.75 Å². The monoisotopic (exact) mass is 260 g/mol. The quantitative estimate of drug-likeness (QED) is 0.865. The van der Waals surface area contributed by atoms with Gasteiger partial charge < -0.3 is 15.8 Å². The van der Waals surface area contributed by atoms with E-state index in [1.807, 2.05) is 12.1 Å². The van der Waals surface area contributed by atoms with Crippen LogP contribution in [0.25, 0.3) is 0 Å². The Morgan fingerprint density at radius 3 is 3.00 bits per heavy atom. The van der Waals surface area contributed by atoms with E-state index in [0.29, 0.717) is 6.04 Å². The van der Waals surface area contributed by atoms with Crippen molar-refractivity contribution in [1.29, 1.82) is 0 Å². The van der Waals surface area contributed by atoms with Gasteiger partial charge in [-0.3, -0.25) is 4.79 Å². The lowest BCUT2D eigenvalue weighted by atomic mass is 9.88. The second-order valence-electron chi connectivity index (χ2n) is 5.45. The zero-order valence-corrected chi connectivity index (χ0v) is 11.0. The van der Waals surface area contributed by atoms with Gasteiger partial charge in [0, 0.05) is 12.1 Å². The summed E-state index contributed by atoms with van der Waals surface area (Å²) in [5.74, 6) is 0.791. The molecular formula is C15H20N2O2. The van der Waals surface area contributed by atoms with E-state index in [-0.39, 0.29) is 18.6 Å². The maximum Gasteiger partial charge on any atom is 0.258 e. The van der Waals surface area contributed by atoms with Gasteiger partial charge in [-0.2, -0.15) is 0 Å². The number of rotatable bonds is 4. The molecule has 3 N–H and O–H groups in total. The molecule has 4 nitrogen and oxygen atoms in total. The lowest BCUT2D eigenvalue weighted by Crippen LogP contribution is -2.30. The molecule has 1 unspecified atom stereocenters. The highest BCUT2D eigenvalue weighted by atomic mass is 16.5. The largest absolute Gasteiger partial charge is 0.483 e. The van der Waals surface area contributed by atoms with Gasteiger partial charge >= 0.3 is 0 Å². The zero-order valence-electron chi connectivity index (χ0n) is 11.0. The molecule has 2 aliphatic carbocycles. The van der Waals surface area contributed by atoms with Crippen molar-refractivity contribution in [3.8, 4) is 5.75 Å². The fourth-order valence-electron chi connectivity index (χ4n) is 2.63. The molecule has 1 aromatic carbocycles. The molecular weight excluding hydrogens is 240 g/mol. The van der Waals surface area contributed by atoms with Crippen LogP contribution in [0, 0.1) is 0 Å². The Labute approximate surface area is 113 Å². The summed E-state index contributed by atoms with van der Waals surface area (Å²) in [6, 6.07) is 6.44. The van der Waals surface area contributed by atoms with Gasteiger partial charge in [-0.1, -0.05) is 12.1 Å². The van der Waals surface area contributed by atoms with Crippen LogP contribution in [-0.2, 0) is 11.2 Å². The second-order valence-corrected chi connectivity index (χ2v) is 5.45. The van der Waals surface area contributed by atoms with E-state index in [9.17, 15) is 4.79 Å². The molecule has 4 heteroatoms. The molecule has 3 rings (SSSR count). The average molecular weight is 260 g/mol. The van der Waals surface area contributed by atoms with Crippen molar-refractivity contribution in [2.24, 2.45) is 5.73 Å². The summed E-state index contributed by atoms with van der Waals surface area (Å²) in [6.45, 7) is 0.0994. The van der Waals surface area contributed by atoms with Crippen LogP contribution < -0.4 is 15.8 Å². The SMILES string of the molecule is NC1CCCc2c(OCC(=O)NC3CC3)cccc21. The minimum atomic E-state index is -0.0276. The Morgan fingerprint density at radius 2 is 2.21 bits per heavy atom. The highest BCUT2D eigenvalue weighted by Gasteiger charge is 2.24. The Bertz CT molecular complexity index is 483. The Kier molecular flexibility index (Phi) is 3.42. The van der Waals surface area contributed by atoms with Gasteiger partial charge in [0.05, 0.1) is 0 Å². The van der Waals surface area contributed by atoms with E-state index >= 15 is 0 Å². The summed E-state index contributed by atoms with van der Waals surface area (Å²) in [4.78, 5) is 11.6. The Hall–Kier alpha value is -1.55. The predicted molar refractivity (Wildman–Crippen MR) is 73.0 cm³/mol. The molecule has 1 amide bonds. The van der Waals surface area contributed by atoms with Crippen molar-refractivity contribution in [1.82, 2.24) is 5.32 Å². The molecule has 1 fully saturated rings. The first-order chi connectivity index (χ1) is 9.24. The smallest absolute Gasteiger partial charge is 0.258 e. The molecule has 0 saturated heterocycles. The Balaban J connectivity index is 1.66. The maximum absolute atomic E-state index is 11.6. The standard InChI is InChI=1S/C15H20N2O2/c16-13-5-1-4-12-11(13)3-2-6-14(12)19-9-15(18)17-10-7-8-10/h2-3,6,10,13H,1,4-5,7-9,16H2,(H,17,18). The zero-order chi connectivity index (χ0) is 13.2. The van der Waals surface area contributed by atoms with Gasteiger partial charge in [0.2, 0.25) is 0 Å². The fraction of sp³-hybridized carbons (Fsp3) is 0.533. The predicted octanol–water partition coefficient (Wildman–Crippen LogP) is 1.68. The topological polar surface area (TPSA) is 64.3 Å². The Morgan fingerprint density at radius 1 is 1.37 bits per heavy atom. The summed E-state index contributed by atoms with van der Waals surface area (Å²) in [6.07, 6.45) is 5.30. The van der Waals surface area contributed by atoms with Crippen LogP contribution >= 0.6 is 0 Å². The van der Waals surface area contributed by atoms with Gasteiger partial charge in [-0.05, 0) is 49.3 Å². The fourth-order valence-corrected chi connectivity index (χ4v) is 2.63. The molecule has 0 radical (unpaired) electrons. The van der Waals surface area contributed by atoms with E-state index in [4.69, 9.17) is 10.5 Å². The number of hydrogen-bond donors (Lipinski definition) is 2. The van der Waals surface area contributed by atoms with Crippen molar-refractivity contribution in [2.75, 3.05) is 6.61 Å². The molecule has 2 aliphatic rings. The van der Waals surface area contributed by atoms with E-state index in [2.05, 4.69) is 11.4 Å². The summed E-state index contributed by atoms with van der Waals surface area (Å²) < 4.78 is 5.68. The molecule has 0 bridgehead atoms. The number of fused-ring (bicyclic) bond motifs is 1. The highest BCUT2D eigenvalue weighted by Crippen LogP contribution is 2.33. The van der Waals surface area contributed by atoms with E-state index < -0.39 is 0 Å². The number of nitrogens with two attached hydrogens (primary N) is 1. The third kappa shape index (κ3) is 2.89. The first kappa shape index (κ1) is 12.5. The van der Waals surface area contributed by atoms with E-state index in [0.717, 1.165) is 37.9 Å². The second kappa shape index (κ2) is 5.21. The number of carbonyl (C=O) groups is 1. The van der Waals surface area contributed by atoms with Gasteiger partial charge in [-0.15, -0.1) is 0 Å². The van der Waals surface area contributed by atoms with Crippen LogP contribution in [0.3, 0.4) is 0 Å². The van der Waals surface area contributed by atoms with Crippen LogP contribution in [0.1, 0.15) is 42.9 Å². The molecule has 1 saturated carbocycles. The summed E-state index contributed by atoms with van der Waals surface area (Å²) in [7, 11) is 0. The van der Waals surface area contributed by atoms with Gasteiger partial charge in [0.15, 0.2) is 6.61 Å². The van der Waals surface area contributed by atoms with Crippen LogP contribution in [0.15, 0.2) is 18.2 Å². The molecule has 0 aromatic heterocycles. The number of hydrogen-bond acceptors (Lipinski definition) is 3. The number of nitrogens with one attached hydrogen (secondary N) is 1. The molecule has 0 spiro atoms. The third-order valence-corrected chi connectivity index (χ3v) is 3.81. The van der Waals surface area contributed by atoms with Gasteiger partial charge in [0.25, 0.3) is 5.91 Å². The summed E-state index contributed by atoms with van der Waals surface area (Å²) >= 11 is 0. The van der Waals surface area contributed by atoms with Crippen molar-refractivity contribution in [3.05, 3.63) is 29.3 Å². The lowest BCUT2D eigenvalue weighted by molar-refractivity contribution is -0.123. The summed E-state index contributed by atoms with van der Waals surface area (Å²) in [5.41, 5.74) is 8.46. The number of carbonyl (C=O) groups excluding carboxylic acids is 1. The van der Waals surface area contributed by atoms with Crippen LogP contribution in [0.2, 0.25) is 0 Å². The molecule has 102 valence electrons. The van der Waals surface area contributed by atoms with Crippen molar-refractivity contribution >= 4 is 5.91 Å². The van der Waals surface area contributed by atoms with Crippen LogP contribution in [0.4, 0.5) is 0 Å². The molecule has 19 heavy (non-hydrogen) atoms. The van der Waals surface area contributed by atoms with Crippen LogP contribution in [0.5, 0.6) is 5.75 Å². The first-order valence-electron chi connectivity index (χ1n) is 7.03. The molecule has 1 atom stereocenters. The first-order valence-corrected chi connectivity index (χ1v) is 7.03. The number of ether oxygens (including phenoxy) is 1. The van der Waals surface area contributed by atoms with Crippen molar-refractivity contribution < 1.29 is 9.53 Å². The van der Waals surface area contributed by atoms with E-state index in [1.54, 1.807) is 0 Å². The molecule has 0 aliphatic heterocycles. The maximum atomic E-state index is 11.6. The molecule has 1 aromatic rings. The highest BCUT2D eigenvalue weighted by molar-refractivity contribution is 5.78. The van der Waals surface area contributed by atoms with Crippen molar-refractivity contribution in [3.63, 3.8) is 0 Å².